The maximum Gasteiger partial charge on any atom is 0.220 e. The molecule has 0 fully saturated rings. The molecule has 1 amide bonds. The van der Waals surface area contributed by atoms with Crippen LogP contribution in [0.5, 0.6) is 0 Å². The van der Waals surface area contributed by atoms with Crippen LogP contribution in [0.15, 0.2) is 24.3 Å². The van der Waals surface area contributed by atoms with Crippen LogP contribution in [0.3, 0.4) is 0 Å². The first-order valence-corrected chi connectivity index (χ1v) is 24.1. The quantitative estimate of drug-likeness (QED) is 0.0430. The summed E-state index contributed by atoms with van der Waals surface area (Å²) in [6.45, 7) is 4.32. The second kappa shape index (κ2) is 45.3. The van der Waals surface area contributed by atoms with Gasteiger partial charge >= 0.3 is 0 Å². The molecule has 314 valence electrons. The summed E-state index contributed by atoms with van der Waals surface area (Å²) in [5.74, 6) is -0.0623. The summed E-state index contributed by atoms with van der Waals surface area (Å²) in [5, 5.41) is 23.0. The molecule has 0 aliphatic rings. The Morgan fingerprint density at radius 1 is 0.434 bits per heavy atom. The van der Waals surface area contributed by atoms with Crippen molar-refractivity contribution in [1.29, 1.82) is 0 Å². The van der Waals surface area contributed by atoms with Gasteiger partial charge in [-0.2, -0.15) is 0 Å². The number of hydrogen-bond donors (Lipinski definition) is 3. The predicted octanol–water partition coefficient (Wildman–Crippen LogP) is 15.2. The number of aliphatic hydroxyl groups is 2. The maximum absolute atomic E-state index is 12.4. The first-order chi connectivity index (χ1) is 26.2. The van der Waals surface area contributed by atoms with Gasteiger partial charge in [0.1, 0.15) is 0 Å². The van der Waals surface area contributed by atoms with Gasteiger partial charge in [0.25, 0.3) is 0 Å². The number of carbonyl (C=O) groups is 1. The summed E-state index contributed by atoms with van der Waals surface area (Å²) in [6, 6.07) is -0.618. The van der Waals surface area contributed by atoms with Crippen LogP contribution in [0.4, 0.5) is 0 Å². The molecule has 0 saturated heterocycles. The van der Waals surface area contributed by atoms with Crippen molar-refractivity contribution in [3.8, 4) is 0 Å². The summed E-state index contributed by atoms with van der Waals surface area (Å²) in [7, 11) is 0. The Morgan fingerprint density at radius 3 is 1.04 bits per heavy atom. The fourth-order valence-electron chi connectivity index (χ4n) is 7.47. The van der Waals surface area contributed by atoms with Crippen molar-refractivity contribution in [3.05, 3.63) is 24.3 Å². The van der Waals surface area contributed by atoms with E-state index < -0.39 is 12.1 Å². The SMILES string of the molecule is CCCCCCCCCCCC/C=C/C(O)C(CO)NC(=O)CCCCCCCCCCCCCCC/C=C\CCCCCCCCCCCCCC. The van der Waals surface area contributed by atoms with Crippen molar-refractivity contribution in [2.24, 2.45) is 0 Å². The van der Waals surface area contributed by atoms with E-state index in [1.165, 1.54) is 218 Å². The summed E-state index contributed by atoms with van der Waals surface area (Å²) in [5.41, 5.74) is 0. The van der Waals surface area contributed by atoms with Gasteiger partial charge in [-0.05, 0) is 44.9 Å². The Bertz CT molecular complexity index is 765. The number of hydrogen-bond acceptors (Lipinski definition) is 3. The van der Waals surface area contributed by atoms with Crippen molar-refractivity contribution >= 4 is 5.91 Å². The van der Waals surface area contributed by atoms with Crippen molar-refractivity contribution in [1.82, 2.24) is 5.32 Å². The molecule has 0 aromatic carbocycles. The number of aliphatic hydroxyl groups excluding tert-OH is 2. The van der Waals surface area contributed by atoms with Crippen molar-refractivity contribution in [3.63, 3.8) is 0 Å². The van der Waals surface area contributed by atoms with Gasteiger partial charge in [-0.15, -0.1) is 0 Å². The molecule has 0 aliphatic heterocycles. The highest BCUT2D eigenvalue weighted by atomic mass is 16.3. The van der Waals surface area contributed by atoms with Crippen molar-refractivity contribution in [2.75, 3.05) is 6.61 Å². The molecular formula is C49H95NO3. The Hall–Kier alpha value is -1.13. The van der Waals surface area contributed by atoms with Gasteiger partial charge in [0.15, 0.2) is 0 Å². The Labute approximate surface area is 332 Å². The average Bonchev–Trinajstić information content (AvgIpc) is 3.16. The van der Waals surface area contributed by atoms with E-state index in [-0.39, 0.29) is 12.5 Å². The number of amides is 1. The number of allylic oxidation sites excluding steroid dienone is 3. The second-order valence-corrected chi connectivity index (χ2v) is 16.5. The van der Waals surface area contributed by atoms with Gasteiger partial charge in [-0.3, -0.25) is 4.79 Å². The van der Waals surface area contributed by atoms with Crippen LogP contribution in [0.1, 0.15) is 264 Å². The van der Waals surface area contributed by atoms with E-state index in [9.17, 15) is 15.0 Å². The van der Waals surface area contributed by atoms with Crippen molar-refractivity contribution < 1.29 is 15.0 Å². The highest BCUT2D eigenvalue weighted by molar-refractivity contribution is 5.76. The standard InChI is InChI=1S/C49H95NO3/c1-3-5-7-9-11-13-15-17-18-19-20-21-22-23-24-25-26-27-28-29-30-31-32-33-35-37-39-41-43-45-49(53)50-47(46-51)48(52)44-42-40-38-36-34-16-14-12-10-8-6-4-2/h23-24,42,44,47-48,51-52H,3-22,25-41,43,45-46H2,1-2H3,(H,50,53)/b24-23-,44-42+. The van der Waals surface area contributed by atoms with E-state index >= 15 is 0 Å². The Morgan fingerprint density at radius 2 is 0.717 bits per heavy atom. The van der Waals surface area contributed by atoms with Crippen molar-refractivity contribution in [2.45, 2.75) is 276 Å². The molecule has 0 aromatic heterocycles. The van der Waals surface area contributed by atoms with E-state index in [4.69, 9.17) is 0 Å². The fraction of sp³-hybridized carbons (Fsp3) is 0.898. The van der Waals surface area contributed by atoms with Gasteiger partial charge in [-0.1, -0.05) is 237 Å². The molecule has 2 unspecified atom stereocenters. The molecule has 4 nitrogen and oxygen atoms in total. The largest absolute Gasteiger partial charge is 0.394 e. The van der Waals surface area contributed by atoms with Crippen LogP contribution in [-0.2, 0) is 4.79 Å². The van der Waals surface area contributed by atoms with E-state index in [0.29, 0.717) is 6.42 Å². The summed E-state index contributed by atoms with van der Waals surface area (Å²) in [6.07, 6.45) is 58.8. The zero-order valence-corrected chi connectivity index (χ0v) is 36.1. The minimum atomic E-state index is -0.835. The minimum absolute atomic E-state index is 0.0623. The number of nitrogens with one attached hydrogen (secondary N) is 1. The number of carbonyl (C=O) groups excluding carboxylic acids is 1. The third kappa shape index (κ3) is 41.9. The van der Waals surface area contributed by atoms with Crippen LogP contribution < -0.4 is 5.32 Å². The van der Waals surface area contributed by atoms with Gasteiger partial charge in [-0.25, -0.2) is 0 Å². The summed E-state index contributed by atoms with van der Waals surface area (Å²) >= 11 is 0. The lowest BCUT2D eigenvalue weighted by molar-refractivity contribution is -0.123. The third-order valence-corrected chi connectivity index (χ3v) is 11.2. The first-order valence-electron chi connectivity index (χ1n) is 24.1. The molecule has 3 N–H and O–H groups in total. The molecule has 0 bridgehead atoms. The van der Waals surface area contributed by atoms with Crippen LogP contribution in [-0.4, -0.2) is 34.9 Å². The van der Waals surface area contributed by atoms with E-state index in [1.54, 1.807) is 6.08 Å². The molecule has 0 heterocycles. The van der Waals surface area contributed by atoms with Crippen LogP contribution in [0.25, 0.3) is 0 Å². The maximum atomic E-state index is 12.4. The highest BCUT2D eigenvalue weighted by Crippen LogP contribution is 2.16. The third-order valence-electron chi connectivity index (χ3n) is 11.2. The lowest BCUT2D eigenvalue weighted by Crippen LogP contribution is -2.45. The molecule has 2 atom stereocenters. The zero-order chi connectivity index (χ0) is 38.6. The molecule has 53 heavy (non-hydrogen) atoms. The lowest BCUT2D eigenvalue weighted by Gasteiger charge is -2.20. The molecule has 0 rings (SSSR count). The van der Waals surface area contributed by atoms with Crippen LogP contribution in [0, 0.1) is 0 Å². The molecule has 0 spiro atoms. The minimum Gasteiger partial charge on any atom is -0.394 e. The molecule has 0 aromatic rings. The first kappa shape index (κ1) is 51.9. The second-order valence-electron chi connectivity index (χ2n) is 16.5. The smallest absolute Gasteiger partial charge is 0.220 e. The predicted molar refractivity (Wildman–Crippen MR) is 235 cm³/mol. The Balaban J connectivity index is 3.45. The van der Waals surface area contributed by atoms with Crippen LogP contribution >= 0.6 is 0 Å². The van der Waals surface area contributed by atoms with Gasteiger partial charge in [0, 0.05) is 6.42 Å². The number of unbranched alkanes of at least 4 members (excludes halogenated alkanes) is 35. The zero-order valence-electron chi connectivity index (χ0n) is 36.1. The van der Waals surface area contributed by atoms with E-state index in [0.717, 1.165) is 25.7 Å². The van der Waals surface area contributed by atoms with E-state index in [2.05, 4.69) is 31.3 Å². The topological polar surface area (TPSA) is 69.6 Å². The summed E-state index contributed by atoms with van der Waals surface area (Å²) < 4.78 is 0. The molecule has 0 aliphatic carbocycles. The monoisotopic (exact) mass is 746 g/mol. The van der Waals surface area contributed by atoms with Gasteiger partial charge < -0.3 is 15.5 Å². The Kier molecular flexibility index (Phi) is 44.3. The number of rotatable bonds is 44. The molecule has 0 saturated carbocycles. The summed E-state index contributed by atoms with van der Waals surface area (Å²) in [4.78, 5) is 12.4. The van der Waals surface area contributed by atoms with Gasteiger partial charge in [0.2, 0.25) is 5.91 Å². The lowest BCUT2D eigenvalue weighted by atomic mass is 10.0. The van der Waals surface area contributed by atoms with Gasteiger partial charge in [0.05, 0.1) is 18.8 Å². The molecule has 4 heteroatoms. The molecular weight excluding hydrogens is 651 g/mol. The highest BCUT2D eigenvalue weighted by Gasteiger charge is 2.18. The van der Waals surface area contributed by atoms with Crippen LogP contribution in [0.2, 0.25) is 0 Å². The average molecular weight is 746 g/mol. The molecule has 0 radical (unpaired) electrons. The van der Waals surface area contributed by atoms with E-state index in [1.807, 2.05) is 6.08 Å². The fourth-order valence-corrected chi connectivity index (χ4v) is 7.47. The normalized spacial score (nSPS) is 13.1.